The molecule has 3 rings (SSSR count). The van der Waals surface area contributed by atoms with Crippen molar-refractivity contribution in [2.24, 2.45) is 0 Å². The van der Waals surface area contributed by atoms with E-state index >= 15 is 0 Å². The Morgan fingerprint density at radius 1 is 1.03 bits per heavy atom. The summed E-state index contributed by atoms with van der Waals surface area (Å²) in [5.74, 6) is -0.498. The van der Waals surface area contributed by atoms with Crippen molar-refractivity contribution in [3.05, 3.63) is 83.3 Å². The fourth-order valence-corrected chi connectivity index (χ4v) is 4.16. The number of rotatable bonds is 9. The monoisotopic (exact) mass is 470 g/mol. The number of sulfonamides is 1. The van der Waals surface area contributed by atoms with Crippen LogP contribution in [-0.2, 0) is 26.1 Å². The Morgan fingerprint density at radius 2 is 1.76 bits per heavy atom. The van der Waals surface area contributed by atoms with E-state index in [-0.39, 0.29) is 22.9 Å². The molecule has 0 fully saturated rings. The molecular weight excluding hydrogens is 444 g/mol. The number of ether oxygens (including phenoxy) is 1. The minimum atomic E-state index is -3.78. The third-order valence-electron chi connectivity index (χ3n) is 4.94. The van der Waals surface area contributed by atoms with Gasteiger partial charge in [-0.25, -0.2) is 17.9 Å². The molecule has 0 bridgehead atoms. The molecule has 0 aliphatic carbocycles. The molecule has 2 N–H and O–H groups in total. The van der Waals surface area contributed by atoms with Gasteiger partial charge in [0.15, 0.2) is 6.61 Å². The van der Waals surface area contributed by atoms with Crippen LogP contribution < -0.4 is 10.0 Å². The van der Waals surface area contributed by atoms with Crippen molar-refractivity contribution in [2.45, 2.75) is 38.1 Å². The van der Waals surface area contributed by atoms with Crippen LogP contribution in [0.5, 0.6) is 0 Å². The normalized spacial score (nSPS) is 11.4. The van der Waals surface area contributed by atoms with Gasteiger partial charge in [-0.1, -0.05) is 32.0 Å². The van der Waals surface area contributed by atoms with Gasteiger partial charge in [0, 0.05) is 5.69 Å². The first-order valence-electron chi connectivity index (χ1n) is 10.4. The molecule has 0 saturated heterocycles. The van der Waals surface area contributed by atoms with Gasteiger partial charge in [0.25, 0.3) is 5.91 Å². The van der Waals surface area contributed by atoms with Crippen molar-refractivity contribution < 1.29 is 27.2 Å². The number of carbonyl (C=O) groups excluding carboxylic acids is 2. The minimum absolute atomic E-state index is 0.00759. The highest BCUT2D eigenvalue weighted by Crippen LogP contribution is 2.27. The number of para-hydroxylation sites is 1. The molecule has 3 aromatic rings. The quantitative estimate of drug-likeness (QED) is 0.457. The molecule has 8 nitrogen and oxygen atoms in total. The molecule has 0 atom stereocenters. The summed E-state index contributed by atoms with van der Waals surface area (Å²) in [6.45, 7) is 5.50. The van der Waals surface area contributed by atoms with Crippen molar-refractivity contribution in [2.75, 3.05) is 11.9 Å². The number of carbonyl (C=O) groups is 2. The Morgan fingerprint density at radius 3 is 2.39 bits per heavy atom. The molecule has 2 aromatic carbocycles. The highest BCUT2D eigenvalue weighted by molar-refractivity contribution is 7.89. The molecule has 0 radical (unpaired) electrons. The largest absolute Gasteiger partial charge is 0.468 e. The van der Waals surface area contributed by atoms with Gasteiger partial charge in [-0.3, -0.25) is 4.79 Å². The Hall–Kier alpha value is -3.43. The molecule has 9 heteroatoms. The van der Waals surface area contributed by atoms with Crippen LogP contribution in [0.25, 0.3) is 0 Å². The molecule has 1 amide bonds. The van der Waals surface area contributed by atoms with Crippen LogP contribution in [0.4, 0.5) is 5.69 Å². The summed E-state index contributed by atoms with van der Waals surface area (Å²) in [5.41, 5.74) is 2.75. The van der Waals surface area contributed by atoms with Crippen LogP contribution in [0.2, 0.25) is 0 Å². The average molecular weight is 471 g/mol. The maximum atomic E-state index is 12.4. The third kappa shape index (κ3) is 6.30. The zero-order chi connectivity index (χ0) is 24.0. The summed E-state index contributed by atoms with van der Waals surface area (Å²) in [4.78, 5) is 24.6. The summed E-state index contributed by atoms with van der Waals surface area (Å²) in [6, 6.07) is 14.3. The molecule has 33 heavy (non-hydrogen) atoms. The maximum absolute atomic E-state index is 12.4. The number of hydrogen-bond acceptors (Lipinski definition) is 6. The lowest BCUT2D eigenvalue weighted by Crippen LogP contribution is -2.23. The fraction of sp³-hybridized carbons (Fsp3) is 0.250. The number of benzene rings is 2. The van der Waals surface area contributed by atoms with Gasteiger partial charge < -0.3 is 14.5 Å². The van der Waals surface area contributed by atoms with Crippen molar-refractivity contribution >= 4 is 27.6 Å². The lowest BCUT2D eigenvalue weighted by molar-refractivity contribution is -0.119. The lowest BCUT2D eigenvalue weighted by atomic mass is 9.98. The number of esters is 1. The van der Waals surface area contributed by atoms with E-state index in [1.807, 2.05) is 39.0 Å². The van der Waals surface area contributed by atoms with E-state index < -0.39 is 28.5 Å². The zero-order valence-corrected chi connectivity index (χ0v) is 19.4. The molecule has 174 valence electrons. The SMILES string of the molecule is Cc1cccc(C(C)C)c1NC(=O)COC(=O)c1ccc(S(=O)(=O)NCc2ccco2)cc1. The summed E-state index contributed by atoms with van der Waals surface area (Å²) in [5, 5.41) is 2.81. The van der Waals surface area contributed by atoms with Crippen LogP contribution in [0.3, 0.4) is 0 Å². The van der Waals surface area contributed by atoms with Crippen molar-refractivity contribution in [3.63, 3.8) is 0 Å². The first kappa shape index (κ1) is 24.2. The molecule has 0 aliphatic heterocycles. The Kier molecular flexibility index (Phi) is 7.67. The first-order valence-corrected chi connectivity index (χ1v) is 11.8. The summed E-state index contributed by atoms with van der Waals surface area (Å²) in [6.07, 6.45) is 1.45. The Balaban J connectivity index is 1.57. The molecular formula is C24H26N2O6S. The van der Waals surface area contributed by atoms with E-state index in [9.17, 15) is 18.0 Å². The van der Waals surface area contributed by atoms with Crippen LogP contribution in [0, 0.1) is 6.92 Å². The van der Waals surface area contributed by atoms with Gasteiger partial charge in [-0.05, 0) is 60.4 Å². The second-order valence-corrected chi connectivity index (χ2v) is 9.51. The van der Waals surface area contributed by atoms with E-state index in [0.717, 1.165) is 11.1 Å². The number of hydrogen-bond donors (Lipinski definition) is 2. The summed E-state index contributed by atoms with van der Waals surface area (Å²) < 4.78 is 37.4. The molecule has 1 aromatic heterocycles. The number of anilines is 1. The van der Waals surface area contributed by atoms with Gasteiger partial charge in [0.2, 0.25) is 10.0 Å². The standard InChI is InChI=1S/C24H26N2O6S/c1-16(2)21-8-4-6-17(3)23(21)26-22(27)15-32-24(28)18-9-11-20(12-10-18)33(29,30)25-14-19-7-5-13-31-19/h4-13,16,25H,14-15H2,1-3H3,(H,26,27). The van der Waals surface area contributed by atoms with Gasteiger partial charge >= 0.3 is 5.97 Å². The van der Waals surface area contributed by atoms with E-state index in [1.165, 1.54) is 30.5 Å². The zero-order valence-electron chi connectivity index (χ0n) is 18.6. The molecule has 0 unspecified atom stereocenters. The smallest absolute Gasteiger partial charge is 0.338 e. The number of amides is 1. The predicted molar refractivity (Wildman–Crippen MR) is 123 cm³/mol. The van der Waals surface area contributed by atoms with E-state index in [2.05, 4.69) is 10.0 Å². The van der Waals surface area contributed by atoms with Crippen LogP contribution in [0.15, 0.2) is 70.2 Å². The molecule has 0 spiro atoms. The van der Waals surface area contributed by atoms with Crippen molar-refractivity contribution in [3.8, 4) is 0 Å². The number of nitrogens with one attached hydrogen (secondary N) is 2. The lowest BCUT2D eigenvalue weighted by Gasteiger charge is -2.16. The third-order valence-corrected chi connectivity index (χ3v) is 6.36. The van der Waals surface area contributed by atoms with Gasteiger partial charge in [-0.15, -0.1) is 0 Å². The van der Waals surface area contributed by atoms with Gasteiger partial charge in [0.1, 0.15) is 5.76 Å². The molecule has 0 aliphatic rings. The van der Waals surface area contributed by atoms with Crippen molar-refractivity contribution in [1.82, 2.24) is 4.72 Å². The van der Waals surface area contributed by atoms with Crippen LogP contribution in [-0.4, -0.2) is 26.9 Å². The number of aryl methyl sites for hydroxylation is 1. The van der Waals surface area contributed by atoms with Gasteiger partial charge in [-0.2, -0.15) is 0 Å². The summed E-state index contributed by atoms with van der Waals surface area (Å²) in [7, 11) is -3.78. The Labute approximate surface area is 193 Å². The van der Waals surface area contributed by atoms with E-state index in [1.54, 1.807) is 12.1 Å². The van der Waals surface area contributed by atoms with Crippen molar-refractivity contribution in [1.29, 1.82) is 0 Å². The molecule has 1 heterocycles. The predicted octanol–water partition coefficient (Wildman–Crippen LogP) is 3.99. The highest BCUT2D eigenvalue weighted by atomic mass is 32.2. The van der Waals surface area contributed by atoms with E-state index in [0.29, 0.717) is 11.4 Å². The average Bonchev–Trinajstić information content (AvgIpc) is 3.31. The van der Waals surface area contributed by atoms with Crippen LogP contribution >= 0.6 is 0 Å². The second-order valence-electron chi connectivity index (χ2n) is 7.75. The van der Waals surface area contributed by atoms with Crippen LogP contribution in [0.1, 0.15) is 47.0 Å². The highest BCUT2D eigenvalue weighted by Gasteiger charge is 2.17. The van der Waals surface area contributed by atoms with E-state index in [4.69, 9.17) is 9.15 Å². The summed E-state index contributed by atoms with van der Waals surface area (Å²) >= 11 is 0. The minimum Gasteiger partial charge on any atom is -0.468 e. The number of furan rings is 1. The molecule has 0 saturated carbocycles. The maximum Gasteiger partial charge on any atom is 0.338 e. The topological polar surface area (TPSA) is 115 Å². The Bertz CT molecular complexity index is 1220. The fourth-order valence-electron chi connectivity index (χ4n) is 3.17. The van der Waals surface area contributed by atoms with Gasteiger partial charge in [0.05, 0.1) is 23.3 Å². The first-order chi connectivity index (χ1) is 15.7. The second kappa shape index (κ2) is 10.5.